The second kappa shape index (κ2) is 14.3. The number of aromatic hydroxyl groups is 2. The van der Waals surface area contributed by atoms with Crippen LogP contribution in [0, 0.1) is 0 Å². The van der Waals surface area contributed by atoms with Crippen LogP contribution in [-0.4, -0.2) is 113 Å². The van der Waals surface area contributed by atoms with Gasteiger partial charge < -0.3 is 36.2 Å². The van der Waals surface area contributed by atoms with Gasteiger partial charge in [-0.3, -0.25) is 33.8 Å². The largest absolute Gasteiger partial charge is 0.504 e. The van der Waals surface area contributed by atoms with Gasteiger partial charge in [-0.25, -0.2) is 9.59 Å². The normalized spacial score (nSPS) is 20.7. The summed E-state index contributed by atoms with van der Waals surface area (Å²) in [6.07, 6.45) is 0.189. The number of carboxylic acids is 1. The zero-order valence-corrected chi connectivity index (χ0v) is 28.4. The highest BCUT2D eigenvalue weighted by molar-refractivity contribution is 8.01. The number of carbonyl (C=O) groups excluding carboxylic acids is 6. The van der Waals surface area contributed by atoms with E-state index in [4.69, 9.17) is 0 Å². The van der Waals surface area contributed by atoms with Crippen molar-refractivity contribution in [3.05, 3.63) is 70.9 Å². The van der Waals surface area contributed by atoms with Crippen molar-refractivity contribution in [1.29, 1.82) is 0 Å². The summed E-state index contributed by atoms with van der Waals surface area (Å²) in [7, 11) is 0. The molecule has 0 aliphatic carbocycles. The highest BCUT2D eigenvalue weighted by Gasteiger charge is 2.66. The van der Waals surface area contributed by atoms with Crippen LogP contribution in [0.3, 0.4) is 0 Å². The minimum atomic E-state index is -2.10. The zero-order valence-electron chi connectivity index (χ0n) is 25.9. The number of urea groups is 1. The van der Waals surface area contributed by atoms with Crippen molar-refractivity contribution >= 4 is 82.6 Å². The van der Waals surface area contributed by atoms with Gasteiger partial charge in [-0.15, -0.1) is 22.0 Å². The minimum Gasteiger partial charge on any atom is -0.504 e. The second-order valence-corrected chi connectivity index (χ2v) is 14.2. The maximum atomic E-state index is 14.0. The number of anilines is 1. The van der Waals surface area contributed by atoms with E-state index in [9.17, 15) is 48.9 Å². The molecule has 4 heterocycles. The Morgan fingerprint density at radius 2 is 1.82 bits per heavy atom. The van der Waals surface area contributed by atoms with E-state index >= 15 is 0 Å². The Labute approximate surface area is 299 Å². The topological polar surface area (TPSA) is 252 Å². The Hall–Kier alpha value is -5.67. The van der Waals surface area contributed by atoms with Crippen LogP contribution in [0.1, 0.15) is 11.6 Å². The molecule has 264 valence electrons. The lowest BCUT2D eigenvalue weighted by Gasteiger charge is -2.56. The van der Waals surface area contributed by atoms with Gasteiger partial charge in [0.25, 0.3) is 5.91 Å². The van der Waals surface area contributed by atoms with Crippen molar-refractivity contribution < 1.29 is 48.9 Å². The predicted molar refractivity (Wildman–Crippen MR) is 180 cm³/mol. The van der Waals surface area contributed by atoms with Crippen LogP contribution in [0.4, 0.5) is 10.5 Å². The fourth-order valence-electron chi connectivity index (χ4n) is 5.65. The number of nitrogens with zero attached hydrogens (tertiary/aromatic N) is 5. The molecule has 2 aromatic carbocycles. The molecule has 51 heavy (non-hydrogen) atoms. The van der Waals surface area contributed by atoms with Gasteiger partial charge in [0.2, 0.25) is 18.0 Å². The summed E-state index contributed by atoms with van der Waals surface area (Å²) in [5.41, 5.74) is -0.149. The fraction of sp³-hybridized carbons (Fsp3) is 0.233. The van der Waals surface area contributed by atoms with E-state index in [0.717, 1.165) is 33.7 Å². The monoisotopic (exact) mass is 754 g/mol. The van der Waals surface area contributed by atoms with Crippen molar-refractivity contribution in [1.82, 2.24) is 35.9 Å². The summed E-state index contributed by atoms with van der Waals surface area (Å²) in [4.78, 5) is 94.1. The Morgan fingerprint density at radius 1 is 1.06 bits per heavy atom. The lowest BCUT2D eigenvalue weighted by atomic mass is 9.94. The number of aromatic nitrogens is 2. The van der Waals surface area contributed by atoms with Crippen molar-refractivity contribution in [3.63, 3.8) is 0 Å². The molecule has 1 aromatic heterocycles. The van der Waals surface area contributed by atoms with Gasteiger partial charge in [0, 0.05) is 36.3 Å². The fourth-order valence-corrected chi connectivity index (χ4v) is 8.70. The van der Waals surface area contributed by atoms with Gasteiger partial charge in [0.15, 0.2) is 15.8 Å². The number of piperazine rings is 1. The number of imide groups is 1. The summed E-state index contributed by atoms with van der Waals surface area (Å²) >= 11 is 3.61. The first-order valence-corrected chi connectivity index (χ1v) is 17.7. The highest BCUT2D eigenvalue weighted by atomic mass is 32.2. The molecule has 0 bridgehead atoms. The molecule has 7 amide bonds. The van der Waals surface area contributed by atoms with E-state index in [-0.39, 0.29) is 48.0 Å². The smallest absolute Gasteiger partial charge is 0.352 e. The Balaban J connectivity index is 1.21. The van der Waals surface area contributed by atoms with Gasteiger partial charge in [-0.05, 0) is 23.3 Å². The molecular formula is C30H26N8O10S3. The highest BCUT2D eigenvalue weighted by Crippen LogP contribution is 2.46. The third-order valence-electron chi connectivity index (χ3n) is 8.07. The number of hydrogen-bond acceptors (Lipinski definition) is 14. The van der Waals surface area contributed by atoms with Crippen molar-refractivity contribution in [2.45, 2.75) is 21.4 Å². The molecule has 6 rings (SSSR count). The first-order chi connectivity index (χ1) is 24.5. The molecule has 3 aliphatic heterocycles. The lowest BCUT2D eigenvalue weighted by molar-refractivity contribution is -0.163. The number of nitrogens with one attached hydrogen (secondary N) is 3. The van der Waals surface area contributed by atoms with E-state index in [0.29, 0.717) is 14.8 Å². The Bertz CT molecular complexity index is 1960. The molecule has 0 saturated carbocycles. The van der Waals surface area contributed by atoms with Gasteiger partial charge in [-0.2, -0.15) is 0 Å². The van der Waals surface area contributed by atoms with Crippen LogP contribution in [0.5, 0.6) is 11.5 Å². The SMILES string of the molecule is O=CN[C@@]1(NC(=O)C(NC(=O)N2CCN(c3ccc(O)c(O)c3)C(=O)C2=O)c2ccccc2)C(=O)N2C(C(=O)O)=C(CSc3nncs3)CS[C@H]21. The molecular weight excluding hydrogens is 729 g/mol. The van der Waals surface area contributed by atoms with Gasteiger partial charge in [-0.1, -0.05) is 53.4 Å². The minimum absolute atomic E-state index is 0.0987. The molecule has 3 atom stereocenters. The number of hydrogen-bond donors (Lipinski definition) is 6. The maximum absolute atomic E-state index is 14.0. The predicted octanol–water partition coefficient (Wildman–Crippen LogP) is 0.180. The van der Waals surface area contributed by atoms with Crippen LogP contribution in [-0.2, 0) is 28.8 Å². The number of benzene rings is 2. The Kier molecular flexibility index (Phi) is 9.85. The summed E-state index contributed by atoms with van der Waals surface area (Å²) in [5.74, 6) is -6.32. The third-order valence-corrected chi connectivity index (χ3v) is 11.4. The quantitative estimate of drug-likeness (QED) is 0.0382. The molecule has 18 nitrogen and oxygen atoms in total. The molecule has 2 fully saturated rings. The average molecular weight is 755 g/mol. The van der Waals surface area contributed by atoms with Gasteiger partial charge in [0.05, 0.1) is 0 Å². The third kappa shape index (κ3) is 6.53. The standard InChI is InChI=1S/C30H26N8O10S3/c39-13-31-30(26(47)38-21(25(45)46)16(11-49-27(30)38)12-50-29-35-32-14-51-29)34-22(42)20(15-4-2-1-3-5-15)33-28(48)37-9-8-36(23(43)24(37)44)17-6-7-18(40)19(41)10-17/h1-7,10,13-14,20,27,40-41H,8-9,11-12H2,(H,31,39)(H,33,48)(H,34,42)(H,45,46)/t20?,27-,30+/m0/s1. The van der Waals surface area contributed by atoms with Gasteiger partial charge in [0.1, 0.15) is 22.6 Å². The molecule has 2 saturated heterocycles. The van der Waals surface area contributed by atoms with Crippen molar-refractivity contribution in [2.24, 2.45) is 0 Å². The van der Waals surface area contributed by atoms with Crippen LogP contribution >= 0.6 is 34.9 Å². The van der Waals surface area contributed by atoms with Crippen LogP contribution in [0.2, 0.25) is 0 Å². The summed E-state index contributed by atoms with van der Waals surface area (Å²) in [6, 6.07) is 8.59. The molecule has 3 aromatic rings. The molecule has 0 spiro atoms. The van der Waals surface area contributed by atoms with Crippen molar-refractivity contribution in [2.75, 3.05) is 29.5 Å². The first-order valence-electron chi connectivity index (χ1n) is 14.8. The number of aliphatic carboxylic acids is 1. The van der Waals surface area contributed by atoms with Crippen LogP contribution in [0.25, 0.3) is 0 Å². The van der Waals surface area contributed by atoms with Crippen LogP contribution in [0.15, 0.2) is 69.7 Å². The summed E-state index contributed by atoms with van der Waals surface area (Å²) < 4.78 is 0.595. The average Bonchev–Trinajstić information content (AvgIpc) is 3.65. The molecule has 21 heteroatoms. The number of fused-ring (bicyclic) bond motifs is 1. The maximum Gasteiger partial charge on any atom is 0.352 e. The van der Waals surface area contributed by atoms with Crippen molar-refractivity contribution in [3.8, 4) is 11.5 Å². The number of carboxylic acid groups (broad SMARTS) is 1. The first kappa shape index (κ1) is 35.2. The Morgan fingerprint density at radius 3 is 2.49 bits per heavy atom. The molecule has 6 N–H and O–H groups in total. The van der Waals surface area contributed by atoms with E-state index in [1.807, 2.05) is 0 Å². The summed E-state index contributed by atoms with van der Waals surface area (Å²) in [6.45, 7) is -0.491. The number of phenolic OH excluding ortho intramolecular Hbond substituents is 2. The van der Waals surface area contributed by atoms with E-state index in [1.54, 1.807) is 18.2 Å². The van der Waals surface area contributed by atoms with E-state index in [2.05, 4.69) is 26.1 Å². The molecule has 3 aliphatic rings. The number of β-lactam (4-membered cyclic amide) rings is 1. The number of thioether (sulfide) groups is 2. The zero-order chi connectivity index (χ0) is 36.4. The summed E-state index contributed by atoms with van der Waals surface area (Å²) in [5, 5.41) is 43.4. The number of carbonyl (C=O) groups is 7. The molecule has 1 unspecified atom stereocenters. The van der Waals surface area contributed by atoms with E-state index < -0.39 is 64.2 Å². The number of phenols is 2. The number of rotatable bonds is 11. The van der Waals surface area contributed by atoms with Crippen LogP contribution < -0.4 is 20.9 Å². The van der Waals surface area contributed by atoms with E-state index in [1.165, 1.54) is 46.8 Å². The second-order valence-electron chi connectivity index (χ2n) is 11.0. The van der Waals surface area contributed by atoms with Gasteiger partial charge >= 0.3 is 23.8 Å². The lowest BCUT2D eigenvalue weighted by Crippen LogP contribution is -2.85. The number of amides is 7. The molecule has 0 radical (unpaired) electrons.